The van der Waals surface area contributed by atoms with Gasteiger partial charge in [-0.05, 0) is 65.8 Å². The van der Waals surface area contributed by atoms with Crippen LogP contribution in [-0.4, -0.2) is 47.3 Å². The Hall–Kier alpha value is -2.09. The van der Waals surface area contributed by atoms with Gasteiger partial charge in [0.05, 0.1) is 15.9 Å². The molecule has 0 aliphatic carbocycles. The van der Waals surface area contributed by atoms with Crippen molar-refractivity contribution in [2.24, 2.45) is 0 Å². The Morgan fingerprint density at radius 1 is 1.11 bits per heavy atom. The maximum Gasteiger partial charge on any atom is 0.231 e. The van der Waals surface area contributed by atoms with Gasteiger partial charge in [0.25, 0.3) is 0 Å². The van der Waals surface area contributed by atoms with Gasteiger partial charge in [-0.2, -0.15) is 0 Å². The zero-order valence-corrected chi connectivity index (χ0v) is 16.5. The number of pyridine rings is 1. The molecule has 1 saturated heterocycles. The largest absolute Gasteiger partial charge is 0.454 e. The van der Waals surface area contributed by atoms with Crippen LogP contribution in [0.1, 0.15) is 12.1 Å². The van der Waals surface area contributed by atoms with E-state index in [9.17, 15) is 0 Å². The highest BCUT2D eigenvalue weighted by molar-refractivity contribution is 9.10. The standard InChI is InChI=1S/C20H21BrN4O2/c21-15-3-1-9-25-16(12-24-8-2-6-22-7-10-24)19(23-20(15)25)14-4-5-17-18(11-14)27-13-26-17/h1,3-5,9,11,22H,2,6-8,10,12-13H2. The van der Waals surface area contributed by atoms with Gasteiger partial charge in [0.2, 0.25) is 6.79 Å². The molecule has 3 aromatic rings. The maximum absolute atomic E-state index is 5.58. The summed E-state index contributed by atoms with van der Waals surface area (Å²) in [5, 5.41) is 3.48. The van der Waals surface area contributed by atoms with Crippen molar-refractivity contribution < 1.29 is 9.47 Å². The molecule has 2 aliphatic heterocycles. The van der Waals surface area contributed by atoms with Crippen LogP contribution >= 0.6 is 15.9 Å². The third-order valence-corrected chi connectivity index (χ3v) is 5.77. The minimum absolute atomic E-state index is 0.281. The number of hydrogen-bond donors (Lipinski definition) is 1. The van der Waals surface area contributed by atoms with Crippen LogP contribution in [0.25, 0.3) is 16.9 Å². The van der Waals surface area contributed by atoms with E-state index in [1.54, 1.807) is 0 Å². The summed E-state index contributed by atoms with van der Waals surface area (Å²) in [5.74, 6) is 1.58. The highest BCUT2D eigenvalue weighted by atomic mass is 79.9. The summed E-state index contributed by atoms with van der Waals surface area (Å²) >= 11 is 3.65. The molecule has 6 nitrogen and oxygen atoms in total. The zero-order chi connectivity index (χ0) is 18.2. The fourth-order valence-corrected chi connectivity index (χ4v) is 4.21. The van der Waals surface area contributed by atoms with Gasteiger partial charge >= 0.3 is 0 Å². The Bertz CT molecular complexity index is 980. The lowest BCUT2D eigenvalue weighted by Gasteiger charge is -2.20. The molecule has 5 rings (SSSR count). The first kappa shape index (κ1) is 17.0. The van der Waals surface area contributed by atoms with Crippen molar-refractivity contribution in [3.05, 3.63) is 46.7 Å². The number of hydrogen-bond acceptors (Lipinski definition) is 5. The molecule has 1 aromatic carbocycles. The molecule has 4 heterocycles. The second-order valence-corrected chi connectivity index (χ2v) is 7.76. The summed E-state index contributed by atoms with van der Waals surface area (Å²) in [6, 6.07) is 10.2. The van der Waals surface area contributed by atoms with Gasteiger partial charge in [-0.1, -0.05) is 0 Å². The van der Waals surface area contributed by atoms with Crippen LogP contribution in [0.3, 0.4) is 0 Å². The molecule has 0 bridgehead atoms. The molecular formula is C20H21BrN4O2. The van der Waals surface area contributed by atoms with Crippen molar-refractivity contribution in [3.8, 4) is 22.8 Å². The molecule has 0 atom stereocenters. The molecule has 27 heavy (non-hydrogen) atoms. The smallest absolute Gasteiger partial charge is 0.231 e. The number of rotatable bonds is 3. The Morgan fingerprint density at radius 2 is 2.04 bits per heavy atom. The molecule has 7 heteroatoms. The van der Waals surface area contributed by atoms with E-state index in [4.69, 9.17) is 14.5 Å². The van der Waals surface area contributed by atoms with Crippen LogP contribution in [0, 0.1) is 0 Å². The van der Waals surface area contributed by atoms with E-state index in [2.05, 4.69) is 48.9 Å². The van der Waals surface area contributed by atoms with Gasteiger partial charge in [0.1, 0.15) is 0 Å². The van der Waals surface area contributed by atoms with Crippen LogP contribution in [0.5, 0.6) is 11.5 Å². The third-order valence-electron chi connectivity index (χ3n) is 5.15. The van der Waals surface area contributed by atoms with Gasteiger partial charge < -0.3 is 19.2 Å². The molecule has 2 aromatic heterocycles. The van der Waals surface area contributed by atoms with Crippen molar-refractivity contribution in [2.75, 3.05) is 33.0 Å². The normalized spacial score (nSPS) is 17.4. The maximum atomic E-state index is 5.58. The van der Waals surface area contributed by atoms with Crippen LogP contribution in [0.15, 0.2) is 41.0 Å². The van der Waals surface area contributed by atoms with E-state index < -0.39 is 0 Å². The Balaban J connectivity index is 1.61. The van der Waals surface area contributed by atoms with Crippen molar-refractivity contribution in [1.82, 2.24) is 19.6 Å². The van der Waals surface area contributed by atoms with E-state index >= 15 is 0 Å². The molecule has 0 unspecified atom stereocenters. The fraction of sp³-hybridized carbons (Fsp3) is 0.350. The number of nitrogens with zero attached hydrogens (tertiary/aromatic N) is 3. The summed E-state index contributed by atoms with van der Waals surface area (Å²) in [7, 11) is 0. The zero-order valence-electron chi connectivity index (χ0n) is 14.9. The van der Waals surface area contributed by atoms with E-state index in [-0.39, 0.29) is 6.79 Å². The van der Waals surface area contributed by atoms with Crippen LogP contribution in [-0.2, 0) is 6.54 Å². The van der Waals surface area contributed by atoms with Gasteiger partial charge in [0, 0.05) is 31.4 Å². The number of aromatic nitrogens is 2. The predicted octanol–water partition coefficient (Wildman–Crippen LogP) is 3.29. The van der Waals surface area contributed by atoms with E-state index in [0.717, 1.165) is 65.6 Å². The molecule has 0 radical (unpaired) electrons. The molecule has 140 valence electrons. The fourth-order valence-electron chi connectivity index (χ4n) is 3.78. The van der Waals surface area contributed by atoms with E-state index in [1.165, 1.54) is 12.1 Å². The topological polar surface area (TPSA) is 51.0 Å². The van der Waals surface area contributed by atoms with Crippen LogP contribution in [0.2, 0.25) is 0 Å². The first-order chi connectivity index (χ1) is 13.3. The molecule has 1 N–H and O–H groups in total. The quantitative estimate of drug-likeness (QED) is 0.693. The van der Waals surface area contributed by atoms with Gasteiger partial charge in [0.15, 0.2) is 17.1 Å². The average Bonchev–Trinajstić information content (AvgIpc) is 3.20. The van der Waals surface area contributed by atoms with Crippen molar-refractivity contribution in [3.63, 3.8) is 0 Å². The van der Waals surface area contributed by atoms with Gasteiger partial charge in [-0.15, -0.1) is 0 Å². The highest BCUT2D eigenvalue weighted by Gasteiger charge is 2.21. The molecule has 0 amide bonds. The van der Waals surface area contributed by atoms with E-state index in [0.29, 0.717) is 0 Å². The predicted molar refractivity (Wildman–Crippen MR) is 107 cm³/mol. The average molecular weight is 429 g/mol. The Kier molecular flexibility index (Phi) is 4.51. The minimum atomic E-state index is 0.281. The second-order valence-electron chi connectivity index (χ2n) is 6.90. The molecule has 1 fully saturated rings. The monoisotopic (exact) mass is 428 g/mol. The van der Waals surface area contributed by atoms with Crippen LogP contribution < -0.4 is 14.8 Å². The third kappa shape index (κ3) is 3.20. The first-order valence-electron chi connectivity index (χ1n) is 9.28. The lowest BCUT2D eigenvalue weighted by molar-refractivity contribution is 0.174. The lowest BCUT2D eigenvalue weighted by Crippen LogP contribution is -2.28. The summed E-state index contributed by atoms with van der Waals surface area (Å²) in [6.07, 6.45) is 3.26. The van der Waals surface area contributed by atoms with Crippen molar-refractivity contribution in [1.29, 1.82) is 0 Å². The van der Waals surface area contributed by atoms with Gasteiger partial charge in [-0.3, -0.25) is 4.90 Å². The number of ether oxygens (including phenoxy) is 2. The number of halogens is 1. The lowest BCUT2D eigenvalue weighted by atomic mass is 10.1. The summed E-state index contributed by atoms with van der Waals surface area (Å²) in [6.45, 7) is 5.40. The van der Waals surface area contributed by atoms with Crippen molar-refractivity contribution in [2.45, 2.75) is 13.0 Å². The summed E-state index contributed by atoms with van der Waals surface area (Å²) in [5.41, 5.74) is 4.19. The second kappa shape index (κ2) is 7.14. The summed E-state index contributed by atoms with van der Waals surface area (Å²) in [4.78, 5) is 7.48. The molecule has 0 spiro atoms. The first-order valence-corrected chi connectivity index (χ1v) is 10.1. The van der Waals surface area contributed by atoms with Crippen molar-refractivity contribution >= 4 is 21.6 Å². The molecule has 2 aliphatic rings. The SMILES string of the molecule is Brc1cccn2c(CN3CCCNCC3)c(-c3ccc4c(c3)OCO4)nc12. The minimum Gasteiger partial charge on any atom is -0.454 e. The highest BCUT2D eigenvalue weighted by Crippen LogP contribution is 2.37. The molecule has 0 saturated carbocycles. The number of nitrogens with one attached hydrogen (secondary N) is 1. The van der Waals surface area contributed by atoms with Gasteiger partial charge in [-0.25, -0.2) is 4.98 Å². The molecular weight excluding hydrogens is 408 g/mol. The number of benzene rings is 1. The van der Waals surface area contributed by atoms with E-state index in [1.807, 2.05) is 18.2 Å². The van der Waals surface area contributed by atoms with Crippen LogP contribution in [0.4, 0.5) is 0 Å². The number of imidazole rings is 1. The summed E-state index contributed by atoms with van der Waals surface area (Å²) < 4.78 is 14.2. The Morgan fingerprint density at radius 3 is 3.00 bits per heavy atom. The Labute approximate surface area is 166 Å². The number of fused-ring (bicyclic) bond motifs is 2.